The van der Waals surface area contributed by atoms with Gasteiger partial charge in [0.2, 0.25) is 0 Å². The van der Waals surface area contributed by atoms with Crippen molar-refractivity contribution in [3.63, 3.8) is 0 Å². The predicted molar refractivity (Wildman–Crippen MR) is 68.8 cm³/mol. The molecular weight excluding hydrogens is 230 g/mol. The number of hydrogen-bond donors (Lipinski definition) is 1. The lowest BCUT2D eigenvalue weighted by Gasteiger charge is -2.24. The monoisotopic (exact) mass is 247 g/mol. The van der Waals surface area contributed by atoms with Gasteiger partial charge in [-0.1, -0.05) is 0 Å². The van der Waals surface area contributed by atoms with Crippen LogP contribution in [0.2, 0.25) is 0 Å². The van der Waals surface area contributed by atoms with Gasteiger partial charge in [0, 0.05) is 12.6 Å². The number of fused-ring (bicyclic) bond motifs is 5. The van der Waals surface area contributed by atoms with Crippen molar-refractivity contribution in [2.24, 2.45) is 0 Å². The minimum absolute atomic E-state index is 0.511. The van der Waals surface area contributed by atoms with Gasteiger partial charge >= 0.3 is 6.09 Å². The summed E-state index contributed by atoms with van der Waals surface area (Å²) in [6, 6.07) is 3.76. The van der Waals surface area contributed by atoms with Gasteiger partial charge in [0.25, 0.3) is 0 Å². The van der Waals surface area contributed by atoms with Crippen LogP contribution in [0.5, 0.6) is 5.75 Å². The molecule has 0 aliphatic heterocycles. The summed E-state index contributed by atoms with van der Waals surface area (Å²) in [5.74, 6) is 1.98. The Bertz CT molecular complexity index is 512. The van der Waals surface area contributed by atoms with Crippen LogP contribution in [0.4, 0.5) is 10.5 Å². The van der Waals surface area contributed by atoms with E-state index < -0.39 is 6.09 Å². The highest BCUT2D eigenvalue weighted by Crippen LogP contribution is 2.58. The summed E-state index contributed by atoms with van der Waals surface area (Å²) in [6.07, 6.45) is 2.61. The van der Waals surface area contributed by atoms with Gasteiger partial charge in [-0.3, -0.25) is 4.90 Å². The SMILES string of the molecule is COc1ccc(N(C)C(=O)O)c2c1C1CCC2C1. The first-order chi connectivity index (χ1) is 8.63. The minimum atomic E-state index is -0.912. The van der Waals surface area contributed by atoms with Gasteiger partial charge in [-0.2, -0.15) is 0 Å². The Hall–Kier alpha value is -1.71. The zero-order chi connectivity index (χ0) is 12.9. The van der Waals surface area contributed by atoms with E-state index in [1.807, 2.05) is 12.1 Å². The second kappa shape index (κ2) is 3.90. The molecule has 2 aliphatic rings. The van der Waals surface area contributed by atoms with E-state index in [0.29, 0.717) is 11.8 Å². The van der Waals surface area contributed by atoms with E-state index in [1.165, 1.54) is 28.9 Å². The number of ether oxygens (including phenoxy) is 1. The topological polar surface area (TPSA) is 49.8 Å². The van der Waals surface area contributed by atoms with E-state index in [1.54, 1.807) is 14.2 Å². The van der Waals surface area contributed by atoms with Crippen LogP contribution >= 0.6 is 0 Å². The van der Waals surface area contributed by atoms with Gasteiger partial charge in [-0.15, -0.1) is 0 Å². The number of carboxylic acid groups (broad SMARTS) is 1. The first-order valence-electron chi connectivity index (χ1n) is 6.31. The van der Waals surface area contributed by atoms with E-state index in [-0.39, 0.29) is 0 Å². The molecule has 1 amide bonds. The molecule has 2 atom stereocenters. The molecule has 96 valence electrons. The maximum Gasteiger partial charge on any atom is 0.411 e. The molecule has 4 nitrogen and oxygen atoms in total. The molecule has 0 saturated heterocycles. The lowest BCUT2D eigenvalue weighted by atomic mass is 9.89. The van der Waals surface area contributed by atoms with Crippen molar-refractivity contribution in [2.75, 3.05) is 19.1 Å². The van der Waals surface area contributed by atoms with Gasteiger partial charge in [0.05, 0.1) is 12.8 Å². The van der Waals surface area contributed by atoms with E-state index in [4.69, 9.17) is 9.84 Å². The molecule has 3 rings (SSSR count). The van der Waals surface area contributed by atoms with Crippen LogP contribution in [0.3, 0.4) is 0 Å². The van der Waals surface area contributed by atoms with Crippen molar-refractivity contribution in [3.05, 3.63) is 23.3 Å². The average molecular weight is 247 g/mol. The zero-order valence-corrected chi connectivity index (χ0v) is 10.6. The molecule has 1 N–H and O–H groups in total. The minimum Gasteiger partial charge on any atom is -0.496 e. The van der Waals surface area contributed by atoms with Crippen molar-refractivity contribution < 1.29 is 14.6 Å². The summed E-state index contributed by atoms with van der Waals surface area (Å²) < 4.78 is 5.44. The molecule has 0 radical (unpaired) electrons. The predicted octanol–water partition coefficient (Wildman–Crippen LogP) is 3.17. The fraction of sp³-hybridized carbons (Fsp3) is 0.500. The van der Waals surface area contributed by atoms with Crippen molar-refractivity contribution in [1.29, 1.82) is 0 Å². The molecule has 4 heteroatoms. The number of amides is 1. The lowest BCUT2D eigenvalue weighted by Crippen LogP contribution is -2.25. The van der Waals surface area contributed by atoms with E-state index >= 15 is 0 Å². The number of hydrogen-bond acceptors (Lipinski definition) is 2. The van der Waals surface area contributed by atoms with Crippen LogP contribution in [-0.4, -0.2) is 25.4 Å². The number of carbonyl (C=O) groups is 1. The molecule has 18 heavy (non-hydrogen) atoms. The van der Waals surface area contributed by atoms with Gasteiger partial charge in [0.1, 0.15) is 5.75 Å². The molecule has 1 aromatic carbocycles. The second-order valence-corrected chi connectivity index (χ2v) is 5.16. The van der Waals surface area contributed by atoms with Crippen LogP contribution in [0, 0.1) is 0 Å². The maximum atomic E-state index is 11.2. The summed E-state index contributed by atoms with van der Waals surface area (Å²) in [7, 11) is 3.29. The molecule has 0 heterocycles. The highest BCUT2D eigenvalue weighted by Gasteiger charge is 2.41. The van der Waals surface area contributed by atoms with E-state index in [2.05, 4.69) is 0 Å². The number of methoxy groups -OCH3 is 1. The summed E-state index contributed by atoms with van der Waals surface area (Å²) in [5.41, 5.74) is 3.28. The third-order valence-corrected chi connectivity index (χ3v) is 4.34. The van der Waals surface area contributed by atoms with Crippen LogP contribution in [-0.2, 0) is 0 Å². The molecule has 0 aromatic heterocycles. The fourth-order valence-electron chi connectivity index (χ4n) is 3.53. The summed E-state index contributed by atoms with van der Waals surface area (Å²) >= 11 is 0. The maximum absolute atomic E-state index is 11.2. The number of rotatable bonds is 2. The quantitative estimate of drug-likeness (QED) is 0.873. The standard InChI is InChI=1S/C14H17NO3/c1-15(14(16)17)10-5-6-11(18-2)13-9-4-3-8(7-9)12(10)13/h5-6,8-9H,3-4,7H2,1-2H3,(H,16,17). The molecular formula is C14H17NO3. The number of nitrogens with zero attached hydrogens (tertiary/aromatic N) is 1. The van der Waals surface area contributed by atoms with Gasteiger partial charge in [0.15, 0.2) is 0 Å². The van der Waals surface area contributed by atoms with Crippen molar-refractivity contribution >= 4 is 11.8 Å². The number of benzene rings is 1. The molecule has 2 aliphatic carbocycles. The van der Waals surface area contributed by atoms with E-state index in [9.17, 15) is 4.79 Å². The first-order valence-corrected chi connectivity index (χ1v) is 6.31. The van der Waals surface area contributed by atoms with Crippen LogP contribution in [0.25, 0.3) is 0 Å². The summed E-state index contributed by atoms with van der Waals surface area (Å²) in [6.45, 7) is 0. The van der Waals surface area contributed by atoms with Gasteiger partial charge < -0.3 is 9.84 Å². The fourth-order valence-corrected chi connectivity index (χ4v) is 3.53. The Kier molecular flexibility index (Phi) is 2.47. The Morgan fingerprint density at radius 1 is 1.33 bits per heavy atom. The Balaban J connectivity index is 2.17. The highest BCUT2D eigenvalue weighted by molar-refractivity contribution is 5.88. The van der Waals surface area contributed by atoms with Crippen molar-refractivity contribution in [1.82, 2.24) is 0 Å². The average Bonchev–Trinajstić information content (AvgIpc) is 2.98. The lowest BCUT2D eigenvalue weighted by molar-refractivity contribution is 0.203. The largest absolute Gasteiger partial charge is 0.496 e. The zero-order valence-electron chi connectivity index (χ0n) is 10.6. The van der Waals surface area contributed by atoms with Crippen molar-refractivity contribution in [2.45, 2.75) is 31.1 Å². The molecule has 2 unspecified atom stereocenters. The second-order valence-electron chi connectivity index (χ2n) is 5.16. The van der Waals surface area contributed by atoms with Crippen LogP contribution < -0.4 is 9.64 Å². The third-order valence-electron chi connectivity index (χ3n) is 4.34. The molecule has 0 spiro atoms. The normalized spacial score (nSPS) is 23.9. The third kappa shape index (κ3) is 1.41. The molecule has 1 saturated carbocycles. The Morgan fingerprint density at radius 2 is 2.00 bits per heavy atom. The van der Waals surface area contributed by atoms with Crippen LogP contribution in [0.15, 0.2) is 12.1 Å². The van der Waals surface area contributed by atoms with Gasteiger partial charge in [-0.25, -0.2) is 4.79 Å². The molecule has 2 bridgehead atoms. The summed E-state index contributed by atoms with van der Waals surface area (Å²) in [4.78, 5) is 12.5. The molecule has 1 aromatic rings. The first kappa shape index (κ1) is 11.4. The Labute approximate surface area is 106 Å². The number of anilines is 1. The van der Waals surface area contributed by atoms with Gasteiger partial charge in [-0.05, 0) is 48.8 Å². The van der Waals surface area contributed by atoms with Crippen molar-refractivity contribution in [3.8, 4) is 5.75 Å². The molecule has 1 fully saturated rings. The highest BCUT2D eigenvalue weighted by atomic mass is 16.5. The van der Waals surface area contributed by atoms with E-state index in [0.717, 1.165) is 17.9 Å². The summed E-state index contributed by atoms with van der Waals surface area (Å²) in [5, 5.41) is 9.16. The smallest absolute Gasteiger partial charge is 0.411 e. The Morgan fingerprint density at radius 3 is 2.61 bits per heavy atom. The van der Waals surface area contributed by atoms with Crippen LogP contribution in [0.1, 0.15) is 42.2 Å².